The summed E-state index contributed by atoms with van der Waals surface area (Å²) in [6.07, 6.45) is 7.45. The van der Waals surface area contributed by atoms with Crippen LogP contribution >= 0.6 is 34.4 Å². The van der Waals surface area contributed by atoms with Gasteiger partial charge in [-0.3, -0.25) is 9.59 Å². The number of hydrogen-bond acceptors (Lipinski definition) is 7. The SMILES string of the molecule is C[C@@H]1CCc2c(sc3nc([C@H](C)Sc4nc5sc6c(c5c(=O)[nH]4)CCCC6)[nH]c(=O)c23)C1. The second kappa shape index (κ2) is 7.81. The van der Waals surface area contributed by atoms with Gasteiger partial charge in [-0.1, -0.05) is 18.7 Å². The van der Waals surface area contributed by atoms with Crippen LogP contribution in [0.2, 0.25) is 0 Å². The van der Waals surface area contributed by atoms with Crippen LogP contribution < -0.4 is 11.1 Å². The smallest absolute Gasteiger partial charge is 0.260 e. The van der Waals surface area contributed by atoms with Crippen LogP contribution in [0.5, 0.6) is 0 Å². The predicted octanol–water partition coefficient (Wildman–Crippen LogP) is 5.14. The lowest BCUT2D eigenvalue weighted by Gasteiger charge is -2.17. The van der Waals surface area contributed by atoms with Crippen molar-refractivity contribution >= 4 is 54.9 Å². The molecule has 32 heavy (non-hydrogen) atoms. The van der Waals surface area contributed by atoms with Gasteiger partial charge in [0.25, 0.3) is 11.1 Å². The Hall–Kier alpha value is -1.97. The number of nitrogens with one attached hydrogen (secondary N) is 2. The third-order valence-corrected chi connectivity index (χ3v) is 9.99. The van der Waals surface area contributed by atoms with Crippen LogP contribution in [0.4, 0.5) is 0 Å². The Kier molecular flexibility index (Phi) is 5.04. The summed E-state index contributed by atoms with van der Waals surface area (Å²) in [6, 6.07) is 0. The van der Waals surface area contributed by atoms with Gasteiger partial charge in [0.2, 0.25) is 0 Å². The molecule has 0 saturated heterocycles. The quantitative estimate of drug-likeness (QED) is 0.310. The molecule has 0 radical (unpaired) electrons. The van der Waals surface area contributed by atoms with Gasteiger partial charge in [-0.15, -0.1) is 22.7 Å². The monoisotopic (exact) mass is 484 g/mol. The third-order valence-electron chi connectivity index (χ3n) is 6.66. The van der Waals surface area contributed by atoms with Gasteiger partial charge >= 0.3 is 0 Å². The molecule has 2 N–H and O–H groups in total. The fraction of sp³-hybridized carbons (Fsp3) is 0.478. The third kappa shape index (κ3) is 3.36. The summed E-state index contributed by atoms with van der Waals surface area (Å²) >= 11 is 4.75. The largest absolute Gasteiger partial charge is 0.309 e. The molecule has 0 unspecified atom stereocenters. The highest BCUT2D eigenvalue weighted by atomic mass is 32.2. The van der Waals surface area contributed by atoms with Crippen LogP contribution in [0.1, 0.15) is 65.1 Å². The zero-order valence-electron chi connectivity index (χ0n) is 18.0. The molecule has 4 heterocycles. The molecule has 0 aromatic carbocycles. The van der Waals surface area contributed by atoms with Crippen molar-refractivity contribution in [3.8, 4) is 0 Å². The van der Waals surface area contributed by atoms with Gasteiger partial charge in [0.15, 0.2) is 5.16 Å². The molecule has 9 heteroatoms. The van der Waals surface area contributed by atoms with E-state index in [9.17, 15) is 9.59 Å². The molecule has 2 atom stereocenters. The first-order valence-corrected chi connectivity index (χ1v) is 13.7. The highest BCUT2D eigenvalue weighted by Crippen LogP contribution is 2.38. The highest BCUT2D eigenvalue weighted by Gasteiger charge is 2.25. The van der Waals surface area contributed by atoms with E-state index in [1.165, 1.54) is 39.1 Å². The molecular weight excluding hydrogens is 460 g/mol. The second-order valence-electron chi connectivity index (χ2n) is 9.01. The van der Waals surface area contributed by atoms with E-state index in [0.29, 0.717) is 16.9 Å². The minimum atomic E-state index is -0.139. The molecule has 4 aromatic rings. The lowest BCUT2D eigenvalue weighted by Crippen LogP contribution is -2.15. The Morgan fingerprint density at radius 1 is 0.938 bits per heavy atom. The number of H-pyrrole nitrogens is 2. The molecule has 0 bridgehead atoms. The maximum absolute atomic E-state index is 12.9. The van der Waals surface area contributed by atoms with Crippen molar-refractivity contribution in [1.82, 2.24) is 19.9 Å². The first-order chi connectivity index (χ1) is 15.5. The minimum Gasteiger partial charge on any atom is -0.309 e. The minimum absolute atomic E-state index is 0.0488. The molecular formula is C23H24N4O2S3. The van der Waals surface area contributed by atoms with Crippen LogP contribution in [0.3, 0.4) is 0 Å². The maximum Gasteiger partial charge on any atom is 0.260 e. The highest BCUT2D eigenvalue weighted by molar-refractivity contribution is 7.99. The molecule has 0 saturated carbocycles. The molecule has 6 nitrogen and oxygen atoms in total. The van der Waals surface area contributed by atoms with Crippen molar-refractivity contribution in [3.63, 3.8) is 0 Å². The Balaban J connectivity index is 1.34. The van der Waals surface area contributed by atoms with E-state index in [0.717, 1.165) is 59.0 Å². The standard InChI is InChI=1S/C23H24N4O2S3/c1-10-7-8-13-15(9-10)32-21-17(13)19(28)24-18(25-21)11(2)30-23-26-20(29)16-12-5-3-4-6-14(12)31-22(16)27-23/h10-11H,3-9H2,1-2H3,(H,24,25,28)(H,26,27,29)/t10-,11+/m1/s1. The summed E-state index contributed by atoms with van der Waals surface area (Å²) < 4.78 is 0. The Morgan fingerprint density at radius 2 is 1.62 bits per heavy atom. The van der Waals surface area contributed by atoms with Gasteiger partial charge in [0.05, 0.1) is 16.0 Å². The second-order valence-corrected chi connectivity index (χ2v) is 12.5. The fourth-order valence-corrected chi connectivity index (χ4v) is 8.55. The van der Waals surface area contributed by atoms with E-state index in [2.05, 4.69) is 16.9 Å². The summed E-state index contributed by atoms with van der Waals surface area (Å²) in [5.74, 6) is 1.29. The molecule has 6 rings (SSSR count). The number of fused-ring (bicyclic) bond motifs is 6. The first kappa shape index (κ1) is 20.6. The van der Waals surface area contributed by atoms with Crippen molar-refractivity contribution in [2.24, 2.45) is 5.92 Å². The van der Waals surface area contributed by atoms with E-state index in [-0.39, 0.29) is 16.4 Å². The zero-order chi connectivity index (χ0) is 22.0. The van der Waals surface area contributed by atoms with Crippen molar-refractivity contribution in [2.75, 3.05) is 0 Å². The van der Waals surface area contributed by atoms with Crippen molar-refractivity contribution in [2.45, 2.75) is 69.2 Å². The molecule has 0 aliphatic heterocycles. The van der Waals surface area contributed by atoms with Crippen LogP contribution in [0.25, 0.3) is 20.4 Å². The van der Waals surface area contributed by atoms with Gasteiger partial charge in [-0.2, -0.15) is 0 Å². The number of nitrogens with zero attached hydrogens (tertiary/aromatic N) is 2. The van der Waals surface area contributed by atoms with Crippen LogP contribution in [-0.4, -0.2) is 19.9 Å². The van der Waals surface area contributed by atoms with Gasteiger partial charge in [-0.05, 0) is 68.9 Å². The zero-order valence-corrected chi connectivity index (χ0v) is 20.5. The van der Waals surface area contributed by atoms with E-state index in [1.54, 1.807) is 22.7 Å². The number of hydrogen-bond donors (Lipinski definition) is 2. The normalized spacial score (nSPS) is 19.2. The van der Waals surface area contributed by atoms with Crippen molar-refractivity contribution in [3.05, 3.63) is 47.4 Å². The molecule has 2 aliphatic carbocycles. The average molecular weight is 485 g/mol. The maximum atomic E-state index is 12.9. The van der Waals surface area contributed by atoms with Gasteiger partial charge < -0.3 is 9.97 Å². The first-order valence-electron chi connectivity index (χ1n) is 11.2. The average Bonchev–Trinajstić information content (AvgIpc) is 3.31. The van der Waals surface area contributed by atoms with E-state index >= 15 is 0 Å². The molecule has 166 valence electrons. The van der Waals surface area contributed by atoms with E-state index in [1.807, 2.05) is 6.92 Å². The summed E-state index contributed by atoms with van der Waals surface area (Å²) in [4.78, 5) is 45.6. The number of aromatic nitrogens is 4. The van der Waals surface area contributed by atoms with Gasteiger partial charge in [-0.25, -0.2) is 9.97 Å². The summed E-state index contributed by atoms with van der Waals surface area (Å²) in [5.41, 5.74) is 2.29. The lowest BCUT2D eigenvalue weighted by molar-refractivity contribution is 0.509. The summed E-state index contributed by atoms with van der Waals surface area (Å²) in [7, 11) is 0. The number of rotatable bonds is 3. The van der Waals surface area contributed by atoms with Crippen LogP contribution in [-0.2, 0) is 25.7 Å². The van der Waals surface area contributed by atoms with Crippen LogP contribution in [0.15, 0.2) is 14.7 Å². The van der Waals surface area contributed by atoms with Gasteiger partial charge in [0, 0.05) is 9.75 Å². The Bertz CT molecular complexity index is 1480. The number of aromatic amines is 2. The van der Waals surface area contributed by atoms with Crippen molar-refractivity contribution in [1.29, 1.82) is 0 Å². The predicted molar refractivity (Wildman–Crippen MR) is 133 cm³/mol. The Morgan fingerprint density at radius 3 is 2.47 bits per heavy atom. The molecule has 0 fully saturated rings. The molecule has 0 spiro atoms. The molecule has 2 aliphatic rings. The number of aryl methyl sites for hydroxylation is 3. The van der Waals surface area contributed by atoms with E-state index in [4.69, 9.17) is 9.97 Å². The fourth-order valence-electron chi connectivity index (χ4n) is 4.98. The van der Waals surface area contributed by atoms with Crippen molar-refractivity contribution < 1.29 is 0 Å². The topological polar surface area (TPSA) is 91.5 Å². The number of thioether (sulfide) groups is 1. The number of thiophene rings is 2. The summed E-state index contributed by atoms with van der Waals surface area (Å²) in [5, 5.41) is 1.99. The Labute approximate surface area is 196 Å². The summed E-state index contributed by atoms with van der Waals surface area (Å²) in [6.45, 7) is 4.26. The lowest BCUT2D eigenvalue weighted by atomic mass is 9.89. The van der Waals surface area contributed by atoms with E-state index < -0.39 is 0 Å². The van der Waals surface area contributed by atoms with Crippen LogP contribution in [0, 0.1) is 5.92 Å². The molecule has 4 aromatic heterocycles. The molecule has 0 amide bonds. The van der Waals surface area contributed by atoms with Gasteiger partial charge in [0.1, 0.15) is 15.5 Å².